The third-order valence-electron chi connectivity index (χ3n) is 3.18. The van der Waals surface area contributed by atoms with Crippen LogP contribution in [0.25, 0.3) is 0 Å². The molecule has 0 aromatic rings. The number of unbranched alkanes of at least 4 members (excludes halogenated alkanes) is 3. The van der Waals surface area contributed by atoms with Crippen LogP contribution in [-0.4, -0.2) is 34.5 Å². The molecule has 1 heterocycles. The van der Waals surface area contributed by atoms with Gasteiger partial charge in [-0.25, -0.2) is 0 Å². The number of hydrogen-bond donors (Lipinski definition) is 2. The van der Waals surface area contributed by atoms with Crippen LogP contribution in [0.4, 0.5) is 0 Å². The van der Waals surface area contributed by atoms with Crippen molar-refractivity contribution in [2.75, 3.05) is 0 Å². The Hall–Kier alpha value is -0.870. The summed E-state index contributed by atoms with van der Waals surface area (Å²) >= 11 is 0. The van der Waals surface area contributed by atoms with Gasteiger partial charge in [0.2, 0.25) is 0 Å². The third kappa shape index (κ3) is 5.65. The minimum Gasteiger partial charge on any atom is -0.459 e. The molecule has 1 unspecified atom stereocenters. The van der Waals surface area contributed by atoms with Gasteiger partial charge >= 0.3 is 5.97 Å². The van der Waals surface area contributed by atoms with Crippen molar-refractivity contribution in [2.45, 2.75) is 70.2 Å². The summed E-state index contributed by atoms with van der Waals surface area (Å²) in [6.45, 7) is 2.15. The van der Waals surface area contributed by atoms with E-state index in [4.69, 9.17) is 4.74 Å². The highest BCUT2D eigenvalue weighted by atomic mass is 16.6. The molecule has 0 amide bonds. The van der Waals surface area contributed by atoms with E-state index in [9.17, 15) is 15.0 Å². The van der Waals surface area contributed by atoms with Gasteiger partial charge in [-0.3, -0.25) is 4.79 Å². The van der Waals surface area contributed by atoms with Gasteiger partial charge in [0.15, 0.2) is 0 Å². The zero-order valence-electron chi connectivity index (χ0n) is 11.0. The normalized spacial score (nSPS) is 23.3. The van der Waals surface area contributed by atoms with Gasteiger partial charge < -0.3 is 14.9 Å². The first-order valence-corrected chi connectivity index (χ1v) is 6.87. The van der Waals surface area contributed by atoms with Crippen molar-refractivity contribution in [3.8, 4) is 0 Å². The number of aliphatic hydroxyl groups excluding tert-OH is 2. The molecular formula is C14H24O4. The average Bonchev–Trinajstić information content (AvgIpc) is 2.78. The summed E-state index contributed by atoms with van der Waals surface area (Å²) in [7, 11) is 0. The maximum absolute atomic E-state index is 10.9. The number of ether oxygens (including phenoxy) is 1. The van der Waals surface area contributed by atoms with E-state index in [1.807, 2.05) is 0 Å². The third-order valence-corrected chi connectivity index (χ3v) is 3.18. The van der Waals surface area contributed by atoms with Gasteiger partial charge in [-0.15, -0.1) is 0 Å². The predicted molar refractivity (Wildman–Crippen MR) is 69.0 cm³/mol. The molecule has 0 saturated carbocycles. The average molecular weight is 256 g/mol. The van der Waals surface area contributed by atoms with Gasteiger partial charge in [-0.1, -0.05) is 44.8 Å². The van der Waals surface area contributed by atoms with Gasteiger partial charge in [-0.2, -0.15) is 0 Å². The minimum absolute atomic E-state index is 0.257. The first kappa shape index (κ1) is 15.2. The second-order valence-electron chi connectivity index (χ2n) is 4.86. The van der Waals surface area contributed by atoms with Gasteiger partial charge in [0.05, 0.1) is 6.10 Å². The molecule has 1 fully saturated rings. The first-order valence-electron chi connectivity index (χ1n) is 6.87. The van der Waals surface area contributed by atoms with E-state index in [-0.39, 0.29) is 5.97 Å². The molecule has 1 rings (SSSR count). The van der Waals surface area contributed by atoms with Crippen LogP contribution in [0.3, 0.4) is 0 Å². The van der Waals surface area contributed by atoms with E-state index in [1.54, 1.807) is 6.08 Å². The molecule has 0 aliphatic carbocycles. The number of esters is 1. The van der Waals surface area contributed by atoms with Gasteiger partial charge in [-0.05, 0) is 12.8 Å². The Morgan fingerprint density at radius 3 is 2.72 bits per heavy atom. The van der Waals surface area contributed by atoms with Crippen LogP contribution in [0, 0.1) is 0 Å². The van der Waals surface area contributed by atoms with Crippen molar-refractivity contribution in [1.82, 2.24) is 0 Å². The summed E-state index contributed by atoms with van der Waals surface area (Å²) in [6, 6.07) is 0. The summed E-state index contributed by atoms with van der Waals surface area (Å²) < 4.78 is 4.95. The highest BCUT2D eigenvalue weighted by Gasteiger charge is 2.28. The van der Waals surface area contributed by atoms with Crippen LogP contribution < -0.4 is 0 Å². The lowest BCUT2D eigenvalue weighted by Crippen LogP contribution is -2.23. The van der Waals surface area contributed by atoms with Gasteiger partial charge in [0.25, 0.3) is 0 Å². The van der Waals surface area contributed by atoms with Crippen molar-refractivity contribution in [2.24, 2.45) is 0 Å². The van der Waals surface area contributed by atoms with Crippen molar-refractivity contribution < 1.29 is 19.7 Å². The van der Waals surface area contributed by atoms with Crippen LogP contribution in [0.15, 0.2) is 12.2 Å². The Labute approximate surface area is 109 Å². The quantitative estimate of drug-likeness (QED) is 0.396. The Morgan fingerprint density at radius 1 is 1.33 bits per heavy atom. The smallest absolute Gasteiger partial charge is 0.306 e. The zero-order valence-corrected chi connectivity index (χ0v) is 11.0. The molecule has 0 aromatic heterocycles. The Morgan fingerprint density at radius 2 is 2.11 bits per heavy atom. The number of carbonyl (C=O) groups is 1. The number of rotatable bonds is 8. The number of cyclic esters (lactones) is 1. The van der Waals surface area contributed by atoms with Crippen molar-refractivity contribution in [3.05, 3.63) is 12.2 Å². The van der Waals surface area contributed by atoms with Crippen LogP contribution in [0.2, 0.25) is 0 Å². The molecule has 0 bridgehead atoms. The summed E-state index contributed by atoms with van der Waals surface area (Å²) in [6.07, 6.45) is 7.50. The highest BCUT2D eigenvalue weighted by Crippen LogP contribution is 2.18. The molecule has 0 aromatic carbocycles. The number of carbonyl (C=O) groups excluding carboxylic acids is 1. The molecule has 18 heavy (non-hydrogen) atoms. The lowest BCUT2D eigenvalue weighted by Gasteiger charge is -2.13. The summed E-state index contributed by atoms with van der Waals surface area (Å²) in [5.74, 6) is -0.257. The van der Waals surface area contributed by atoms with Crippen molar-refractivity contribution in [1.29, 1.82) is 0 Å². The fraction of sp³-hybridized carbons (Fsp3) is 0.786. The molecule has 4 heteroatoms. The topological polar surface area (TPSA) is 66.8 Å². The van der Waals surface area contributed by atoms with E-state index in [0.29, 0.717) is 19.3 Å². The summed E-state index contributed by atoms with van der Waals surface area (Å²) in [4.78, 5) is 10.9. The molecule has 0 spiro atoms. The Bertz CT molecular complexity index is 275. The largest absolute Gasteiger partial charge is 0.459 e. The lowest BCUT2D eigenvalue weighted by molar-refractivity contribution is -0.144. The molecule has 0 radical (unpaired) electrons. The fourth-order valence-corrected chi connectivity index (χ4v) is 2.03. The molecule has 1 saturated heterocycles. The molecule has 104 valence electrons. The van der Waals surface area contributed by atoms with E-state index in [0.717, 1.165) is 12.8 Å². The van der Waals surface area contributed by atoms with Gasteiger partial charge in [0, 0.05) is 6.42 Å². The highest BCUT2D eigenvalue weighted by molar-refractivity contribution is 5.71. The molecular weight excluding hydrogens is 232 g/mol. The van der Waals surface area contributed by atoms with Gasteiger partial charge in [0.1, 0.15) is 12.2 Å². The van der Waals surface area contributed by atoms with Crippen molar-refractivity contribution in [3.63, 3.8) is 0 Å². The molecule has 2 N–H and O–H groups in total. The second kappa shape index (κ2) is 8.27. The molecule has 1 aliphatic rings. The second-order valence-corrected chi connectivity index (χ2v) is 4.86. The first-order chi connectivity index (χ1) is 8.63. The Balaban J connectivity index is 2.19. The zero-order chi connectivity index (χ0) is 13.4. The minimum atomic E-state index is -0.804. The molecule has 3 atom stereocenters. The Kier molecular flexibility index (Phi) is 6.98. The van der Waals surface area contributed by atoms with E-state index >= 15 is 0 Å². The van der Waals surface area contributed by atoms with E-state index in [2.05, 4.69) is 6.92 Å². The number of aliphatic hydroxyl groups is 2. The lowest BCUT2D eigenvalue weighted by atomic mass is 10.1. The van der Waals surface area contributed by atoms with E-state index in [1.165, 1.54) is 18.9 Å². The van der Waals surface area contributed by atoms with Crippen LogP contribution in [0.1, 0.15) is 51.9 Å². The van der Waals surface area contributed by atoms with E-state index < -0.39 is 18.3 Å². The fourth-order valence-electron chi connectivity index (χ4n) is 2.03. The maximum atomic E-state index is 10.9. The maximum Gasteiger partial charge on any atom is 0.306 e. The van der Waals surface area contributed by atoms with Crippen LogP contribution >= 0.6 is 0 Å². The van der Waals surface area contributed by atoms with Crippen LogP contribution in [0.5, 0.6) is 0 Å². The van der Waals surface area contributed by atoms with Crippen LogP contribution in [-0.2, 0) is 9.53 Å². The predicted octanol–water partition coefficient (Wildman–Crippen LogP) is 1.94. The monoisotopic (exact) mass is 256 g/mol. The standard InChI is InChI=1S/C14H24O4/c1-2-3-4-5-6-11(15)7-8-12(16)13-9-10-14(17)18-13/h7-8,11-13,15-16H,2-6,9-10H2,1H3/b8-7+/t11?,12-,13+/m1/s1. The SMILES string of the molecule is CCCCCCC(O)/C=C/[C@@H](O)[C@@H]1CCC(=O)O1. The molecule has 4 nitrogen and oxygen atoms in total. The molecule has 1 aliphatic heterocycles. The van der Waals surface area contributed by atoms with Crippen molar-refractivity contribution >= 4 is 5.97 Å². The number of hydrogen-bond acceptors (Lipinski definition) is 4. The summed E-state index contributed by atoms with van der Waals surface area (Å²) in [5, 5.41) is 19.4. The summed E-state index contributed by atoms with van der Waals surface area (Å²) in [5.41, 5.74) is 0.